The molecule has 1 unspecified atom stereocenters. The van der Waals surface area contributed by atoms with Crippen LogP contribution in [0.4, 0.5) is 4.39 Å². The largest absolute Gasteiger partial charge is 0.486 e. The normalized spacial score (nSPS) is 14.4. The van der Waals surface area contributed by atoms with Crippen LogP contribution < -0.4 is 14.8 Å². The number of halogens is 2. The zero-order chi connectivity index (χ0) is 17.8. The minimum Gasteiger partial charge on any atom is -0.486 e. The maximum absolute atomic E-state index is 12.9. The van der Waals surface area contributed by atoms with E-state index in [0.717, 1.165) is 11.1 Å². The highest BCUT2D eigenvalue weighted by Gasteiger charge is 2.16. The average molecular weight is 362 g/mol. The van der Waals surface area contributed by atoms with Crippen molar-refractivity contribution < 1.29 is 18.7 Å². The van der Waals surface area contributed by atoms with Crippen LogP contribution in [0.25, 0.3) is 6.08 Å². The summed E-state index contributed by atoms with van der Waals surface area (Å²) in [7, 11) is 0. The lowest BCUT2D eigenvalue weighted by molar-refractivity contribution is -0.117. The van der Waals surface area contributed by atoms with Crippen molar-refractivity contribution in [3.63, 3.8) is 0 Å². The molecule has 1 atom stereocenters. The Morgan fingerprint density at radius 3 is 2.72 bits per heavy atom. The molecule has 0 aromatic heterocycles. The zero-order valence-corrected chi connectivity index (χ0v) is 14.3. The lowest BCUT2D eigenvalue weighted by atomic mass is 10.1. The van der Waals surface area contributed by atoms with Crippen molar-refractivity contribution in [1.29, 1.82) is 0 Å². The van der Waals surface area contributed by atoms with Crippen LogP contribution in [-0.2, 0) is 4.79 Å². The third kappa shape index (κ3) is 4.31. The Kier molecular flexibility index (Phi) is 5.24. The molecule has 2 aromatic rings. The van der Waals surface area contributed by atoms with Crippen molar-refractivity contribution in [1.82, 2.24) is 5.32 Å². The van der Waals surface area contributed by atoms with Gasteiger partial charge in [-0.1, -0.05) is 23.7 Å². The number of carbonyl (C=O) groups is 1. The summed E-state index contributed by atoms with van der Waals surface area (Å²) in [4.78, 5) is 12.1. The van der Waals surface area contributed by atoms with Gasteiger partial charge in [-0.05, 0) is 48.4 Å². The van der Waals surface area contributed by atoms with Crippen molar-refractivity contribution in [2.75, 3.05) is 13.2 Å². The fourth-order valence-electron chi connectivity index (χ4n) is 2.50. The van der Waals surface area contributed by atoms with E-state index >= 15 is 0 Å². The van der Waals surface area contributed by atoms with E-state index in [2.05, 4.69) is 5.32 Å². The molecule has 1 aliphatic heterocycles. The van der Waals surface area contributed by atoms with Gasteiger partial charge in [0.15, 0.2) is 11.5 Å². The van der Waals surface area contributed by atoms with E-state index in [9.17, 15) is 9.18 Å². The van der Waals surface area contributed by atoms with E-state index in [-0.39, 0.29) is 17.8 Å². The number of carbonyl (C=O) groups excluding carboxylic acids is 1. The van der Waals surface area contributed by atoms with E-state index in [4.69, 9.17) is 21.1 Å². The number of nitrogens with one attached hydrogen (secondary N) is 1. The highest BCUT2D eigenvalue weighted by molar-refractivity contribution is 6.32. The zero-order valence-electron chi connectivity index (χ0n) is 13.6. The fraction of sp³-hybridized carbons (Fsp3) is 0.211. The van der Waals surface area contributed by atoms with E-state index in [1.165, 1.54) is 18.2 Å². The Balaban J connectivity index is 1.66. The summed E-state index contributed by atoms with van der Waals surface area (Å²) >= 11 is 6.17. The van der Waals surface area contributed by atoms with Crippen molar-refractivity contribution in [2.45, 2.75) is 13.0 Å². The molecule has 0 spiro atoms. The molecule has 0 aliphatic carbocycles. The second-order valence-corrected chi connectivity index (χ2v) is 6.05. The molecule has 4 nitrogen and oxygen atoms in total. The Labute approximate surface area is 150 Å². The molecular weight excluding hydrogens is 345 g/mol. The number of fused-ring (bicyclic) bond motifs is 1. The SMILES string of the molecule is CC(NC(=O)/C=C/c1cc(Cl)c2c(c1)OCCO2)c1ccc(F)cc1. The number of ether oxygens (including phenoxy) is 2. The number of rotatable bonds is 4. The molecule has 25 heavy (non-hydrogen) atoms. The first kappa shape index (κ1) is 17.3. The third-order valence-corrected chi connectivity index (χ3v) is 4.06. The summed E-state index contributed by atoms with van der Waals surface area (Å²) in [5, 5.41) is 3.27. The molecule has 0 saturated heterocycles. The minimum absolute atomic E-state index is 0.235. The molecule has 3 rings (SSSR count). The second kappa shape index (κ2) is 7.57. The first-order valence-electron chi connectivity index (χ1n) is 7.86. The van der Waals surface area contributed by atoms with Crippen LogP contribution in [0.15, 0.2) is 42.5 Å². The minimum atomic E-state index is -0.308. The van der Waals surface area contributed by atoms with E-state index in [0.29, 0.717) is 29.7 Å². The molecule has 130 valence electrons. The first-order valence-corrected chi connectivity index (χ1v) is 8.24. The lowest BCUT2D eigenvalue weighted by Crippen LogP contribution is -2.24. The number of hydrogen-bond donors (Lipinski definition) is 1. The second-order valence-electron chi connectivity index (χ2n) is 5.64. The molecule has 0 saturated carbocycles. The van der Waals surface area contributed by atoms with Crippen LogP contribution in [0.2, 0.25) is 5.02 Å². The van der Waals surface area contributed by atoms with Crippen LogP contribution in [0.1, 0.15) is 24.1 Å². The van der Waals surface area contributed by atoms with Crippen molar-refractivity contribution >= 4 is 23.6 Å². The van der Waals surface area contributed by atoms with Gasteiger partial charge in [-0.25, -0.2) is 4.39 Å². The van der Waals surface area contributed by atoms with Gasteiger partial charge in [0.25, 0.3) is 0 Å². The number of amides is 1. The average Bonchev–Trinajstić information content (AvgIpc) is 2.60. The van der Waals surface area contributed by atoms with Crippen LogP contribution in [0, 0.1) is 5.82 Å². The molecule has 1 amide bonds. The molecule has 0 radical (unpaired) electrons. The summed E-state index contributed by atoms with van der Waals surface area (Å²) in [5.41, 5.74) is 1.56. The molecular formula is C19H17ClFNO3. The Bertz CT molecular complexity index is 805. The molecule has 1 N–H and O–H groups in total. The van der Waals surface area contributed by atoms with Crippen LogP contribution >= 0.6 is 11.6 Å². The highest BCUT2D eigenvalue weighted by Crippen LogP contribution is 2.38. The summed E-state index contributed by atoms with van der Waals surface area (Å²) in [6.07, 6.45) is 3.07. The van der Waals surface area contributed by atoms with Crippen molar-refractivity contribution in [3.8, 4) is 11.5 Å². The van der Waals surface area contributed by atoms with Gasteiger partial charge >= 0.3 is 0 Å². The summed E-state index contributed by atoms with van der Waals surface area (Å²) < 4.78 is 23.9. The van der Waals surface area contributed by atoms with Gasteiger partial charge in [-0.2, -0.15) is 0 Å². The van der Waals surface area contributed by atoms with Crippen molar-refractivity contribution in [3.05, 3.63) is 64.4 Å². The Morgan fingerprint density at radius 1 is 1.24 bits per heavy atom. The van der Waals surface area contributed by atoms with E-state index in [1.54, 1.807) is 30.3 Å². The van der Waals surface area contributed by atoms with Gasteiger partial charge in [0, 0.05) is 6.08 Å². The maximum atomic E-state index is 12.9. The topological polar surface area (TPSA) is 47.6 Å². The lowest BCUT2D eigenvalue weighted by Gasteiger charge is -2.19. The van der Waals surface area contributed by atoms with Gasteiger partial charge in [0.1, 0.15) is 19.0 Å². The van der Waals surface area contributed by atoms with Crippen LogP contribution in [0.5, 0.6) is 11.5 Å². The van der Waals surface area contributed by atoms with Crippen LogP contribution in [0.3, 0.4) is 0 Å². The van der Waals surface area contributed by atoms with E-state index < -0.39 is 0 Å². The van der Waals surface area contributed by atoms with Gasteiger partial charge in [0.2, 0.25) is 5.91 Å². The van der Waals surface area contributed by atoms with Gasteiger partial charge < -0.3 is 14.8 Å². The molecule has 2 aromatic carbocycles. The fourth-order valence-corrected chi connectivity index (χ4v) is 2.77. The van der Waals surface area contributed by atoms with Crippen LogP contribution in [-0.4, -0.2) is 19.1 Å². The maximum Gasteiger partial charge on any atom is 0.244 e. The number of hydrogen-bond acceptors (Lipinski definition) is 3. The van der Waals surface area contributed by atoms with Gasteiger partial charge in [-0.15, -0.1) is 0 Å². The van der Waals surface area contributed by atoms with Gasteiger partial charge in [0.05, 0.1) is 11.1 Å². The number of benzene rings is 2. The summed E-state index contributed by atoms with van der Waals surface area (Å²) in [6, 6.07) is 9.27. The molecule has 0 bridgehead atoms. The monoisotopic (exact) mass is 361 g/mol. The standard InChI is InChI=1S/C19H17ClFNO3/c1-12(14-3-5-15(21)6-4-14)22-18(23)7-2-13-10-16(20)19-17(11-13)24-8-9-25-19/h2-7,10-12H,8-9H2,1H3,(H,22,23)/b7-2+. The molecule has 6 heteroatoms. The predicted molar refractivity (Wildman–Crippen MR) is 94.4 cm³/mol. The predicted octanol–water partition coefficient (Wildman–Crippen LogP) is 4.14. The summed E-state index contributed by atoms with van der Waals surface area (Å²) in [5.74, 6) is 0.526. The summed E-state index contributed by atoms with van der Waals surface area (Å²) in [6.45, 7) is 2.76. The highest BCUT2D eigenvalue weighted by atomic mass is 35.5. The van der Waals surface area contributed by atoms with Crippen molar-refractivity contribution in [2.24, 2.45) is 0 Å². The molecule has 0 fully saturated rings. The quantitative estimate of drug-likeness (QED) is 0.832. The van der Waals surface area contributed by atoms with E-state index in [1.807, 2.05) is 6.92 Å². The Morgan fingerprint density at radius 2 is 1.96 bits per heavy atom. The molecule has 1 heterocycles. The van der Waals surface area contributed by atoms with Gasteiger partial charge in [-0.3, -0.25) is 4.79 Å². The third-order valence-electron chi connectivity index (χ3n) is 3.78. The smallest absolute Gasteiger partial charge is 0.244 e. The molecule has 1 aliphatic rings. The first-order chi connectivity index (χ1) is 12.0. The Hall–Kier alpha value is -2.53.